The van der Waals surface area contributed by atoms with Gasteiger partial charge in [0.1, 0.15) is 0 Å². The van der Waals surface area contributed by atoms with Gasteiger partial charge in [-0.05, 0) is 51.8 Å². The van der Waals surface area contributed by atoms with Crippen LogP contribution in [-0.2, 0) is 20.0 Å². The zero-order chi connectivity index (χ0) is 21.9. The lowest BCUT2D eigenvalue weighted by Gasteiger charge is -2.48. The third-order valence-corrected chi connectivity index (χ3v) is 8.46. The van der Waals surface area contributed by atoms with E-state index in [9.17, 15) is 13.2 Å². The van der Waals surface area contributed by atoms with E-state index in [1.54, 1.807) is 38.2 Å². The summed E-state index contributed by atoms with van der Waals surface area (Å²) in [7, 11) is -3.46. The molecule has 1 amide bonds. The van der Waals surface area contributed by atoms with Crippen LogP contribution >= 0.6 is 0 Å². The highest BCUT2D eigenvalue weighted by molar-refractivity contribution is 7.92. The Hall–Kier alpha value is -2.48. The molecule has 0 spiro atoms. The first-order valence-electron chi connectivity index (χ1n) is 10.3. The molecule has 1 aromatic rings. The summed E-state index contributed by atoms with van der Waals surface area (Å²) in [5.41, 5.74) is 1.96. The fraction of sp³-hybridized carbons (Fsp3) is 0.500. The highest BCUT2D eigenvalue weighted by atomic mass is 32.2. The molecule has 160 valence electrons. The van der Waals surface area contributed by atoms with Crippen LogP contribution in [0.4, 0.5) is 0 Å². The zero-order valence-electron chi connectivity index (χ0n) is 18.0. The maximum atomic E-state index is 13.4. The van der Waals surface area contributed by atoms with Crippen molar-refractivity contribution in [3.63, 3.8) is 0 Å². The number of benzene rings is 1. The summed E-state index contributed by atoms with van der Waals surface area (Å²) in [4.78, 5) is 13.6. The van der Waals surface area contributed by atoms with Gasteiger partial charge in [-0.1, -0.05) is 19.1 Å². The van der Waals surface area contributed by atoms with Gasteiger partial charge in [-0.15, -0.1) is 0 Å². The van der Waals surface area contributed by atoms with Crippen LogP contribution in [0.5, 0.6) is 0 Å². The molecule has 0 saturated heterocycles. The third kappa shape index (κ3) is 2.92. The van der Waals surface area contributed by atoms with Crippen LogP contribution in [0.25, 0.3) is 0 Å². The second kappa shape index (κ2) is 6.77. The monoisotopic (exact) mass is 428 g/mol. The molecular formula is C22H28N4O3S. The Kier molecular flexibility index (Phi) is 4.69. The van der Waals surface area contributed by atoms with E-state index in [2.05, 4.69) is 20.9 Å². The van der Waals surface area contributed by atoms with Gasteiger partial charge in [-0.25, -0.2) is 8.42 Å². The van der Waals surface area contributed by atoms with Crippen LogP contribution in [0, 0.1) is 0 Å². The van der Waals surface area contributed by atoms with Crippen molar-refractivity contribution >= 4 is 15.7 Å². The summed E-state index contributed by atoms with van der Waals surface area (Å²) in [6, 6.07) is 7.01. The Labute approximate surface area is 177 Å². The van der Waals surface area contributed by atoms with Gasteiger partial charge in [0.2, 0.25) is 0 Å². The average Bonchev–Trinajstić information content (AvgIpc) is 3.14. The third-order valence-electron chi connectivity index (χ3n) is 6.31. The fourth-order valence-electron chi connectivity index (χ4n) is 4.82. The lowest BCUT2D eigenvalue weighted by Crippen LogP contribution is -2.58. The fourth-order valence-corrected chi connectivity index (χ4v) is 5.92. The summed E-state index contributed by atoms with van der Waals surface area (Å²) < 4.78 is 25.7. The summed E-state index contributed by atoms with van der Waals surface area (Å²) in [5, 5.41) is 14.4. The Bertz CT molecular complexity index is 1110. The summed E-state index contributed by atoms with van der Waals surface area (Å²) in [6.45, 7) is 9.34. The Balaban J connectivity index is 1.99. The lowest BCUT2D eigenvalue weighted by molar-refractivity contribution is -0.120. The average molecular weight is 429 g/mol. The van der Waals surface area contributed by atoms with Gasteiger partial charge in [-0.2, -0.15) is 10.2 Å². The number of rotatable bonds is 4. The van der Waals surface area contributed by atoms with E-state index in [-0.39, 0.29) is 22.5 Å². The quantitative estimate of drug-likeness (QED) is 0.768. The summed E-state index contributed by atoms with van der Waals surface area (Å²) in [5.74, 6) is -0.140. The van der Waals surface area contributed by atoms with Gasteiger partial charge in [0, 0.05) is 23.2 Å². The predicted octanol–water partition coefficient (Wildman–Crippen LogP) is 3.35. The van der Waals surface area contributed by atoms with Crippen molar-refractivity contribution in [2.75, 3.05) is 0 Å². The minimum atomic E-state index is -3.46. The van der Waals surface area contributed by atoms with E-state index in [0.29, 0.717) is 18.4 Å². The van der Waals surface area contributed by atoms with Crippen LogP contribution in [0.1, 0.15) is 53.0 Å². The summed E-state index contributed by atoms with van der Waals surface area (Å²) in [6.07, 6.45) is 2.58. The highest BCUT2D eigenvalue weighted by Crippen LogP contribution is 2.51. The SMILES string of the molecule is CC[C@@]1(c2cccc(S(=O)(=O)C(C)C)c2)C2=CN=NC2NC2=C1C(=O)NC(C)(C)C2. The van der Waals surface area contributed by atoms with Gasteiger partial charge in [-0.3, -0.25) is 4.79 Å². The van der Waals surface area contributed by atoms with Crippen molar-refractivity contribution in [1.82, 2.24) is 10.6 Å². The molecule has 0 radical (unpaired) electrons. The molecule has 0 bridgehead atoms. The predicted molar refractivity (Wildman–Crippen MR) is 114 cm³/mol. The number of azo groups is 1. The van der Waals surface area contributed by atoms with Crippen molar-refractivity contribution in [3.8, 4) is 0 Å². The topological polar surface area (TPSA) is 100.0 Å². The molecule has 1 unspecified atom stereocenters. The van der Waals surface area contributed by atoms with Gasteiger partial charge in [0.25, 0.3) is 5.91 Å². The highest BCUT2D eigenvalue weighted by Gasteiger charge is 2.53. The van der Waals surface area contributed by atoms with Crippen molar-refractivity contribution in [1.29, 1.82) is 0 Å². The summed E-state index contributed by atoms with van der Waals surface area (Å²) >= 11 is 0. The molecule has 1 aromatic carbocycles. The van der Waals surface area contributed by atoms with Crippen molar-refractivity contribution < 1.29 is 13.2 Å². The van der Waals surface area contributed by atoms with E-state index < -0.39 is 20.5 Å². The molecule has 8 heteroatoms. The van der Waals surface area contributed by atoms with Crippen molar-refractivity contribution in [2.24, 2.45) is 10.2 Å². The molecule has 7 nitrogen and oxygen atoms in total. The number of amides is 1. The molecule has 2 N–H and O–H groups in total. The number of nitrogens with zero attached hydrogens (tertiary/aromatic N) is 2. The van der Waals surface area contributed by atoms with E-state index in [4.69, 9.17) is 0 Å². The Morgan fingerprint density at radius 1 is 1.27 bits per heavy atom. The van der Waals surface area contributed by atoms with Gasteiger partial charge in [0.15, 0.2) is 16.0 Å². The maximum Gasteiger partial charge on any atom is 0.250 e. The molecule has 0 aromatic heterocycles. The first kappa shape index (κ1) is 20.8. The molecule has 4 rings (SSSR count). The van der Waals surface area contributed by atoms with Crippen LogP contribution in [0.15, 0.2) is 62.4 Å². The Morgan fingerprint density at radius 2 is 2.00 bits per heavy atom. The molecule has 30 heavy (non-hydrogen) atoms. The van der Waals surface area contributed by atoms with Crippen LogP contribution in [-0.4, -0.2) is 31.3 Å². The number of hydrogen-bond acceptors (Lipinski definition) is 6. The molecule has 0 saturated carbocycles. The number of carbonyl (C=O) groups is 1. The molecule has 0 aliphatic carbocycles. The van der Waals surface area contributed by atoms with E-state index in [1.807, 2.05) is 26.8 Å². The first-order chi connectivity index (χ1) is 14.0. The van der Waals surface area contributed by atoms with Crippen LogP contribution in [0.2, 0.25) is 0 Å². The molecule has 2 atom stereocenters. The Morgan fingerprint density at radius 3 is 2.67 bits per heavy atom. The van der Waals surface area contributed by atoms with Crippen molar-refractivity contribution in [2.45, 2.75) is 74.7 Å². The standard InChI is InChI=1S/C22H28N4O3S/c1-6-22(14-8-7-9-15(10-14)30(28,29)13(2)3)16-12-23-26-19(16)24-17-11-21(4,5)25-20(27)18(17)22/h7-10,12-13,19,24H,6,11H2,1-5H3,(H,25,27)/t19?,22-/m1/s1. The minimum Gasteiger partial charge on any atom is -0.362 e. The van der Waals surface area contributed by atoms with E-state index in [0.717, 1.165) is 16.8 Å². The molecule has 0 fully saturated rings. The number of sulfone groups is 1. The normalized spacial score (nSPS) is 27.3. The van der Waals surface area contributed by atoms with Gasteiger partial charge in [0.05, 0.1) is 27.3 Å². The largest absolute Gasteiger partial charge is 0.362 e. The maximum absolute atomic E-state index is 13.4. The number of nitrogens with one attached hydrogen (secondary N) is 2. The van der Waals surface area contributed by atoms with Crippen LogP contribution < -0.4 is 10.6 Å². The molecule has 3 aliphatic rings. The number of hydrogen-bond donors (Lipinski definition) is 2. The molecular weight excluding hydrogens is 400 g/mol. The minimum absolute atomic E-state index is 0.140. The van der Waals surface area contributed by atoms with Crippen molar-refractivity contribution in [3.05, 3.63) is 52.9 Å². The van der Waals surface area contributed by atoms with Gasteiger partial charge >= 0.3 is 0 Å². The van der Waals surface area contributed by atoms with Crippen LogP contribution in [0.3, 0.4) is 0 Å². The van der Waals surface area contributed by atoms with E-state index in [1.165, 1.54) is 0 Å². The number of fused-ring (bicyclic) bond motifs is 1. The lowest BCUT2D eigenvalue weighted by atomic mass is 9.62. The van der Waals surface area contributed by atoms with Gasteiger partial charge < -0.3 is 10.6 Å². The first-order valence-corrected chi connectivity index (χ1v) is 11.8. The zero-order valence-corrected chi connectivity index (χ0v) is 18.8. The second-order valence-corrected chi connectivity index (χ2v) is 11.6. The smallest absolute Gasteiger partial charge is 0.250 e. The van der Waals surface area contributed by atoms with E-state index >= 15 is 0 Å². The molecule has 3 heterocycles. The number of carbonyl (C=O) groups excluding carboxylic acids is 1. The second-order valence-electron chi connectivity index (χ2n) is 9.11. The molecule has 3 aliphatic heterocycles.